The normalized spacial score (nSPS) is 10.4. The quantitative estimate of drug-likeness (QED) is 0.570. The van der Waals surface area contributed by atoms with Crippen molar-refractivity contribution >= 4 is 17.3 Å². The monoisotopic (exact) mass is 218 g/mol. The van der Waals surface area contributed by atoms with Crippen molar-refractivity contribution in [3.05, 3.63) is 39.7 Å². The number of benzene rings is 1. The second kappa shape index (κ2) is 3.81. The van der Waals surface area contributed by atoms with Crippen LogP contribution in [0.1, 0.15) is 15.9 Å². The summed E-state index contributed by atoms with van der Waals surface area (Å²) in [5.41, 5.74) is 0.846. The number of carbonyl (C=O) groups is 1. The molecule has 0 unspecified atom stereocenters. The van der Waals surface area contributed by atoms with Crippen LogP contribution in [0.15, 0.2) is 27.4 Å². The summed E-state index contributed by atoms with van der Waals surface area (Å²) in [6, 6.07) is 4.84. The van der Waals surface area contributed by atoms with Crippen molar-refractivity contribution in [3.8, 4) is 5.75 Å². The molecule has 16 heavy (non-hydrogen) atoms. The number of hydrogen-bond acceptors (Lipinski definition) is 4. The molecule has 0 fully saturated rings. The van der Waals surface area contributed by atoms with Crippen LogP contribution in [0.25, 0.3) is 11.0 Å². The Labute approximate surface area is 91.4 Å². The number of rotatable bonds is 2. The van der Waals surface area contributed by atoms with Gasteiger partial charge < -0.3 is 9.15 Å². The number of carbonyl (C=O) groups excluding carboxylic acids is 1. The molecule has 0 amide bonds. The summed E-state index contributed by atoms with van der Waals surface area (Å²) in [5, 5.41) is 0.738. The molecular formula is C12H10O4. The molecule has 0 aliphatic rings. The van der Waals surface area contributed by atoms with E-state index in [-0.39, 0.29) is 11.1 Å². The molecule has 0 aliphatic carbocycles. The average molecular weight is 218 g/mol. The first-order valence-corrected chi connectivity index (χ1v) is 4.74. The Morgan fingerprint density at radius 1 is 1.38 bits per heavy atom. The van der Waals surface area contributed by atoms with E-state index in [4.69, 9.17) is 9.15 Å². The van der Waals surface area contributed by atoms with Gasteiger partial charge in [-0.05, 0) is 24.6 Å². The van der Waals surface area contributed by atoms with E-state index in [2.05, 4.69) is 0 Å². The lowest BCUT2D eigenvalue weighted by Gasteiger charge is -2.06. The summed E-state index contributed by atoms with van der Waals surface area (Å²) in [7, 11) is 1.46. The lowest BCUT2D eigenvalue weighted by molar-refractivity contribution is 0.112. The Bertz CT molecular complexity index is 610. The summed E-state index contributed by atoms with van der Waals surface area (Å²) >= 11 is 0. The molecule has 1 heterocycles. The van der Waals surface area contributed by atoms with E-state index in [0.717, 1.165) is 10.9 Å². The highest BCUT2D eigenvalue weighted by molar-refractivity contribution is 5.98. The van der Waals surface area contributed by atoms with E-state index in [1.165, 1.54) is 13.2 Å². The van der Waals surface area contributed by atoms with Gasteiger partial charge in [-0.25, -0.2) is 4.79 Å². The third-order valence-corrected chi connectivity index (χ3v) is 2.46. The summed E-state index contributed by atoms with van der Waals surface area (Å²) < 4.78 is 10.1. The minimum absolute atomic E-state index is 0.265. The predicted molar refractivity (Wildman–Crippen MR) is 59.2 cm³/mol. The third kappa shape index (κ3) is 1.48. The molecule has 2 aromatic rings. The van der Waals surface area contributed by atoms with Crippen molar-refractivity contribution in [2.24, 2.45) is 0 Å². The van der Waals surface area contributed by atoms with E-state index in [9.17, 15) is 9.59 Å². The summed E-state index contributed by atoms with van der Waals surface area (Å²) in [4.78, 5) is 22.2. The maximum absolute atomic E-state index is 11.2. The smallest absolute Gasteiger partial charge is 0.336 e. The molecule has 0 saturated carbocycles. The van der Waals surface area contributed by atoms with Crippen molar-refractivity contribution in [2.45, 2.75) is 6.92 Å². The maximum Gasteiger partial charge on any atom is 0.336 e. The molecule has 0 bridgehead atoms. The van der Waals surface area contributed by atoms with E-state index >= 15 is 0 Å². The van der Waals surface area contributed by atoms with Gasteiger partial charge >= 0.3 is 5.63 Å². The van der Waals surface area contributed by atoms with Gasteiger partial charge in [-0.15, -0.1) is 0 Å². The second-order valence-electron chi connectivity index (χ2n) is 3.42. The Morgan fingerprint density at radius 2 is 2.12 bits per heavy atom. The number of aldehydes is 1. The molecule has 4 nitrogen and oxygen atoms in total. The fraction of sp³-hybridized carbons (Fsp3) is 0.167. The largest absolute Gasteiger partial charge is 0.496 e. The molecular weight excluding hydrogens is 208 g/mol. The van der Waals surface area contributed by atoms with Crippen LogP contribution in [0.2, 0.25) is 0 Å². The SMILES string of the molecule is COc1ccc2c(C)cc(=O)oc2c1C=O. The van der Waals surface area contributed by atoms with Gasteiger partial charge in [0.25, 0.3) is 0 Å². The average Bonchev–Trinajstić information content (AvgIpc) is 2.27. The third-order valence-electron chi connectivity index (χ3n) is 2.46. The van der Waals surface area contributed by atoms with Gasteiger partial charge in [0.15, 0.2) is 11.9 Å². The molecule has 0 N–H and O–H groups in total. The maximum atomic E-state index is 11.2. The fourth-order valence-electron chi connectivity index (χ4n) is 1.68. The van der Waals surface area contributed by atoms with E-state index in [1.807, 2.05) is 0 Å². The van der Waals surface area contributed by atoms with Crippen LogP contribution in [0.4, 0.5) is 0 Å². The van der Waals surface area contributed by atoms with Crippen molar-refractivity contribution < 1.29 is 13.9 Å². The van der Waals surface area contributed by atoms with Gasteiger partial charge in [-0.1, -0.05) is 0 Å². The van der Waals surface area contributed by atoms with Gasteiger partial charge in [0.1, 0.15) is 5.75 Å². The van der Waals surface area contributed by atoms with Crippen LogP contribution in [0, 0.1) is 6.92 Å². The van der Waals surface area contributed by atoms with Crippen LogP contribution >= 0.6 is 0 Å². The number of aryl methyl sites for hydroxylation is 1. The highest BCUT2D eigenvalue weighted by Crippen LogP contribution is 2.27. The molecule has 4 heteroatoms. The lowest BCUT2D eigenvalue weighted by atomic mass is 10.1. The fourth-order valence-corrected chi connectivity index (χ4v) is 1.68. The summed E-state index contributed by atoms with van der Waals surface area (Å²) in [6.07, 6.45) is 0.629. The first-order chi connectivity index (χ1) is 7.67. The molecule has 0 radical (unpaired) electrons. The number of methoxy groups -OCH3 is 1. The van der Waals surface area contributed by atoms with Gasteiger partial charge in [0.05, 0.1) is 12.7 Å². The zero-order valence-corrected chi connectivity index (χ0v) is 8.94. The van der Waals surface area contributed by atoms with Crippen LogP contribution in [0.5, 0.6) is 5.75 Å². The molecule has 1 aromatic carbocycles. The van der Waals surface area contributed by atoms with Crippen LogP contribution < -0.4 is 10.4 Å². The zero-order chi connectivity index (χ0) is 11.7. The highest BCUT2D eigenvalue weighted by atomic mass is 16.5. The Morgan fingerprint density at radius 3 is 2.75 bits per heavy atom. The topological polar surface area (TPSA) is 56.5 Å². The molecule has 0 saturated heterocycles. The molecule has 1 aromatic heterocycles. The predicted octanol–water partition coefficient (Wildman–Crippen LogP) is 1.92. The molecule has 2 rings (SSSR count). The minimum atomic E-state index is -0.471. The minimum Gasteiger partial charge on any atom is -0.496 e. The highest BCUT2D eigenvalue weighted by Gasteiger charge is 2.11. The summed E-state index contributed by atoms with van der Waals surface area (Å²) in [6.45, 7) is 1.79. The van der Waals surface area contributed by atoms with Crippen molar-refractivity contribution in [1.29, 1.82) is 0 Å². The Balaban J connectivity index is 2.97. The molecule has 82 valence electrons. The first kappa shape index (κ1) is 10.4. The lowest BCUT2D eigenvalue weighted by Crippen LogP contribution is -2.01. The number of hydrogen-bond donors (Lipinski definition) is 0. The molecule has 0 spiro atoms. The van der Waals surface area contributed by atoms with Gasteiger partial charge in [-0.3, -0.25) is 4.79 Å². The Hall–Kier alpha value is -2.10. The van der Waals surface area contributed by atoms with Gasteiger partial charge in [0.2, 0.25) is 0 Å². The van der Waals surface area contributed by atoms with E-state index in [0.29, 0.717) is 12.0 Å². The molecule has 0 atom stereocenters. The molecule has 0 aliphatic heterocycles. The van der Waals surface area contributed by atoms with Gasteiger partial charge in [-0.2, -0.15) is 0 Å². The van der Waals surface area contributed by atoms with Crippen molar-refractivity contribution in [2.75, 3.05) is 7.11 Å². The summed E-state index contributed by atoms with van der Waals surface area (Å²) in [5.74, 6) is 0.399. The van der Waals surface area contributed by atoms with Gasteiger partial charge in [0, 0.05) is 11.5 Å². The van der Waals surface area contributed by atoms with Crippen LogP contribution in [0.3, 0.4) is 0 Å². The van der Waals surface area contributed by atoms with Crippen LogP contribution in [-0.2, 0) is 0 Å². The van der Waals surface area contributed by atoms with Crippen molar-refractivity contribution in [3.63, 3.8) is 0 Å². The standard InChI is InChI=1S/C12H10O4/c1-7-5-11(14)16-12-8(7)3-4-10(15-2)9(12)6-13/h3-6H,1-2H3. The Kier molecular flexibility index (Phi) is 2.48. The van der Waals surface area contributed by atoms with Crippen LogP contribution in [-0.4, -0.2) is 13.4 Å². The van der Waals surface area contributed by atoms with E-state index in [1.54, 1.807) is 19.1 Å². The second-order valence-corrected chi connectivity index (χ2v) is 3.42. The zero-order valence-electron chi connectivity index (χ0n) is 8.94. The number of fused-ring (bicyclic) bond motifs is 1. The van der Waals surface area contributed by atoms with E-state index < -0.39 is 5.63 Å². The van der Waals surface area contributed by atoms with Crippen molar-refractivity contribution in [1.82, 2.24) is 0 Å². The number of ether oxygens (including phenoxy) is 1. The first-order valence-electron chi connectivity index (χ1n) is 4.74.